The van der Waals surface area contributed by atoms with Gasteiger partial charge in [-0.3, -0.25) is 4.79 Å². The largest absolute Gasteiger partial charge is 0.497 e. The van der Waals surface area contributed by atoms with Gasteiger partial charge in [-0.1, -0.05) is 30.3 Å². The number of methoxy groups -OCH3 is 1. The molecular formula is C21H23F3N2O4. The van der Waals surface area contributed by atoms with Crippen molar-refractivity contribution >= 4 is 17.6 Å². The molecule has 9 heteroatoms. The molecule has 0 saturated heterocycles. The summed E-state index contributed by atoms with van der Waals surface area (Å²) in [6.07, 6.45) is -4.89. The van der Waals surface area contributed by atoms with E-state index in [0.717, 1.165) is 0 Å². The molecule has 6 nitrogen and oxygen atoms in total. The lowest BCUT2D eigenvalue weighted by Gasteiger charge is -2.25. The molecule has 30 heavy (non-hydrogen) atoms. The Morgan fingerprint density at radius 1 is 1.03 bits per heavy atom. The molecule has 2 atom stereocenters. The van der Waals surface area contributed by atoms with Crippen LogP contribution in [-0.4, -0.2) is 43.9 Å². The van der Waals surface area contributed by atoms with E-state index in [0.29, 0.717) is 11.3 Å². The Hall–Kier alpha value is -3.23. The Morgan fingerprint density at radius 3 is 2.20 bits per heavy atom. The molecule has 0 aromatic heterocycles. The van der Waals surface area contributed by atoms with Gasteiger partial charge < -0.3 is 20.1 Å². The van der Waals surface area contributed by atoms with Crippen LogP contribution >= 0.6 is 0 Å². The predicted molar refractivity (Wildman–Crippen MR) is 105 cm³/mol. The second kappa shape index (κ2) is 10.5. The molecule has 2 N–H and O–H groups in total. The maximum absolute atomic E-state index is 13.6. The first-order valence-electron chi connectivity index (χ1n) is 9.22. The molecule has 0 bridgehead atoms. The van der Waals surface area contributed by atoms with Gasteiger partial charge in [-0.25, -0.2) is 4.79 Å². The average Bonchev–Trinajstić information content (AvgIpc) is 2.72. The van der Waals surface area contributed by atoms with Gasteiger partial charge in [0.1, 0.15) is 11.8 Å². The molecule has 1 unspecified atom stereocenters. The number of hydrogen-bond acceptors (Lipinski definition) is 5. The van der Waals surface area contributed by atoms with Crippen LogP contribution in [-0.2, 0) is 20.7 Å². The summed E-state index contributed by atoms with van der Waals surface area (Å²) in [5, 5.41) is 4.34. The quantitative estimate of drug-likeness (QED) is 0.604. The van der Waals surface area contributed by atoms with E-state index in [1.807, 2.05) is 0 Å². The second-order valence-corrected chi connectivity index (χ2v) is 6.35. The van der Waals surface area contributed by atoms with E-state index in [9.17, 15) is 22.8 Å². The fourth-order valence-electron chi connectivity index (χ4n) is 2.69. The molecule has 0 aliphatic rings. The molecule has 0 fully saturated rings. The molecule has 0 saturated carbocycles. The van der Waals surface area contributed by atoms with Gasteiger partial charge in [-0.15, -0.1) is 0 Å². The second-order valence-electron chi connectivity index (χ2n) is 6.35. The standard InChI is InChI=1S/C21H23F3N2O4/c1-3-30-20(28)17(13-14-7-5-4-6-8-14)26-19(27)18(21(22,23)24)25-15-9-11-16(29-2)12-10-15/h4-12,17-18,25H,3,13H2,1-2H3,(H,26,27)/t17-,18?/m0/s1. The third-order valence-corrected chi connectivity index (χ3v) is 4.16. The van der Waals surface area contributed by atoms with Gasteiger partial charge in [0, 0.05) is 12.1 Å². The molecule has 0 aliphatic heterocycles. The summed E-state index contributed by atoms with van der Waals surface area (Å²) in [5.41, 5.74) is 0.742. The Labute approximate surface area is 172 Å². The van der Waals surface area contributed by atoms with E-state index >= 15 is 0 Å². The SMILES string of the molecule is CCOC(=O)[C@H](Cc1ccccc1)NC(=O)C(Nc1ccc(OC)cc1)C(F)(F)F. The van der Waals surface area contributed by atoms with Gasteiger partial charge in [-0.2, -0.15) is 13.2 Å². The number of nitrogens with one attached hydrogen (secondary N) is 2. The number of carbonyl (C=O) groups excluding carboxylic acids is 2. The number of esters is 1. The molecule has 0 aliphatic carbocycles. The molecule has 0 radical (unpaired) electrons. The van der Waals surface area contributed by atoms with Gasteiger partial charge in [0.15, 0.2) is 0 Å². The maximum Gasteiger partial charge on any atom is 0.417 e. The smallest absolute Gasteiger partial charge is 0.417 e. The molecule has 2 aromatic carbocycles. The summed E-state index contributed by atoms with van der Waals surface area (Å²) >= 11 is 0. The Balaban J connectivity index is 2.19. The highest BCUT2D eigenvalue weighted by Crippen LogP contribution is 2.25. The van der Waals surface area contributed by atoms with E-state index in [1.165, 1.54) is 31.4 Å². The Morgan fingerprint density at radius 2 is 1.67 bits per heavy atom. The number of carbonyl (C=O) groups is 2. The Kier molecular flexibility index (Phi) is 8.08. The summed E-state index contributed by atoms with van der Waals surface area (Å²) < 4.78 is 50.6. The summed E-state index contributed by atoms with van der Waals surface area (Å²) in [6.45, 7) is 1.61. The fourth-order valence-corrected chi connectivity index (χ4v) is 2.69. The van der Waals surface area contributed by atoms with Crippen LogP contribution in [0, 0.1) is 0 Å². The number of hydrogen-bond donors (Lipinski definition) is 2. The highest BCUT2D eigenvalue weighted by molar-refractivity contribution is 5.90. The van der Waals surface area contributed by atoms with E-state index in [1.54, 1.807) is 37.3 Å². The van der Waals surface area contributed by atoms with E-state index in [-0.39, 0.29) is 18.7 Å². The zero-order valence-electron chi connectivity index (χ0n) is 16.5. The van der Waals surface area contributed by atoms with Crippen molar-refractivity contribution in [2.45, 2.75) is 31.6 Å². The summed E-state index contributed by atoms with van der Waals surface area (Å²) in [4.78, 5) is 24.7. The van der Waals surface area contributed by atoms with Crippen LogP contribution in [0.1, 0.15) is 12.5 Å². The van der Waals surface area contributed by atoms with Crippen LogP contribution in [0.4, 0.5) is 18.9 Å². The molecule has 2 aromatic rings. The lowest BCUT2D eigenvalue weighted by atomic mass is 10.1. The first-order chi connectivity index (χ1) is 14.2. The normalized spacial score (nSPS) is 13.1. The highest BCUT2D eigenvalue weighted by Gasteiger charge is 2.46. The van der Waals surface area contributed by atoms with Crippen molar-refractivity contribution in [3.63, 3.8) is 0 Å². The number of anilines is 1. The third-order valence-electron chi connectivity index (χ3n) is 4.16. The van der Waals surface area contributed by atoms with Crippen LogP contribution in [0.2, 0.25) is 0 Å². The highest BCUT2D eigenvalue weighted by atomic mass is 19.4. The first-order valence-corrected chi connectivity index (χ1v) is 9.22. The van der Waals surface area contributed by atoms with Crippen LogP contribution in [0.15, 0.2) is 54.6 Å². The van der Waals surface area contributed by atoms with Gasteiger partial charge in [0.05, 0.1) is 13.7 Å². The summed E-state index contributed by atoms with van der Waals surface area (Å²) in [7, 11) is 1.43. The minimum atomic E-state index is -4.89. The summed E-state index contributed by atoms with van der Waals surface area (Å²) in [5.74, 6) is -1.73. The van der Waals surface area contributed by atoms with Gasteiger partial charge in [-0.05, 0) is 36.8 Å². The molecule has 1 amide bonds. The maximum atomic E-state index is 13.6. The average molecular weight is 424 g/mol. The molecule has 2 rings (SSSR count). The number of alkyl halides is 3. The zero-order valence-corrected chi connectivity index (χ0v) is 16.5. The van der Waals surface area contributed by atoms with Gasteiger partial charge in [0.25, 0.3) is 5.91 Å². The lowest BCUT2D eigenvalue weighted by molar-refractivity contribution is -0.162. The minimum absolute atomic E-state index is 0.00146. The first kappa shape index (κ1) is 23.1. The third kappa shape index (κ3) is 6.68. The van der Waals surface area contributed by atoms with Crippen molar-refractivity contribution in [3.8, 4) is 5.75 Å². The molecule has 162 valence electrons. The van der Waals surface area contributed by atoms with Crippen LogP contribution in [0.5, 0.6) is 5.75 Å². The Bertz CT molecular complexity index is 826. The van der Waals surface area contributed by atoms with Crippen molar-refractivity contribution in [2.24, 2.45) is 0 Å². The molecule has 0 heterocycles. The fraction of sp³-hybridized carbons (Fsp3) is 0.333. The topological polar surface area (TPSA) is 76.7 Å². The van der Waals surface area contributed by atoms with Crippen LogP contribution < -0.4 is 15.4 Å². The molecule has 0 spiro atoms. The summed E-state index contributed by atoms with van der Waals surface area (Å²) in [6, 6.07) is 10.4. The zero-order chi connectivity index (χ0) is 22.1. The minimum Gasteiger partial charge on any atom is -0.497 e. The number of rotatable bonds is 9. The number of benzene rings is 2. The van der Waals surface area contributed by atoms with Crippen LogP contribution in [0.25, 0.3) is 0 Å². The predicted octanol–water partition coefficient (Wildman–Crippen LogP) is 3.33. The van der Waals surface area contributed by atoms with Gasteiger partial charge >= 0.3 is 12.1 Å². The monoisotopic (exact) mass is 424 g/mol. The van der Waals surface area contributed by atoms with E-state index in [2.05, 4.69) is 10.6 Å². The van der Waals surface area contributed by atoms with Crippen molar-refractivity contribution in [2.75, 3.05) is 19.0 Å². The van der Waals surface area contributed by atoms with Crippen molar-refractivity contribution in [1.29, 1.82) is 0 Å². The van der Waals surface area contributed by atoms with Crippen molar-refractivity contribution < 1.29 is 32.2 Å². The lowest BCUT2D eigenvalue weighted by Crippen LogP contribution is -2.54. The van der Waals surface area contributed by atoms with E-state index < -0.39 is 30.1 Å². The van der Waals surface area contributed by atoms with E-state index in [4.69, 9.17) is 9.47 Å². The van der Waals surface area contributed by atoms with Gasteiger partial charge in [0.2, 0.25) is 6.04 Å². The van der Waals surface area contributed by atoms with Crippen LogP contribution in [0.3, 0.4) is 0 Å². The van der Waals surface area contributed by atoms with Crippen molar-refractivity contribution in [3.05, 3.63) is 60.2 Å². The number of amides is 1. The van der Waals surface area contributed by atoms with Crippen molar-refractivity contribution in [1.82, 2.24) is 5.32 Å². The molecular weight excluding hydrogens is 401 g/mol. The number of ether oxygens (including phenoxy) is 2. The number of halogens is 3.